The van der Waals surface area contributed by atoms with Crippen LogP contribution >= 0.6 is 22.7 Å². The summed E-state index contributed by atoms with van der Waals surface area (Å²) < 4.78 is 0. The number of tetrazole rings is 1. The number of nitrogens with one attached hydrogen (secondary N) is 2. The first-order valence-electron chi connectivity index (χ1n) is 14.2. The van der Waals surface area contributed by atoms with Crippen molar-refractivity contribution in [3.8, 4) is 66.6 Å². The zero-order chi connectivity index (χ0) is 30.5. The van der Waals surface area contributed by atoms with Gasteiger partial charge in [0.1, 0.15) is 16.5 Å². The van der Waals surface area contributed by atoms with Gasteiger partial charge in [-0.2, -0.15) is 0 Å². The SMILES string of the molecule is c1ccc(-c2cc3nc(-c4nnn[nH]4)c(-c4nccs4)c(-c4ncccn4)c3c(-c3nc4ccccc4[nH]3)c2-c2cccs2)nc1. The summed E-state index contributed by atoms with van der Waals surface area (Å²) in [5, 5.41) is 20.5. The van der Waals surface area contributed by atoms with E-state index in [1.807, 2.05) is 47.8 Å². The van der Waals surface area contributed by atoms with Gasteiger partial charge in [-0.15, -0.1) is 27.8 Å². The number of benzene rings is 2. The molecule has 9 rings (SSSR count). The highest BCUT2D eigenvalue weighted by Crippen LogP contribution is 2.50. The third-order valence-corrected chi connectivity index (χ3v) is 9.29. The predicted octanol–water partition coefficient (Wildman–Crippen LogP) is 7.33. The average molecular weight is 634 g/mol. The summed E-state index contributed by atoms with van der Waals surface area (Å²) in [6, 6.07) is 22.0. The monoisotopic (exact) mass is 633 g/mol. The Morgan fingerprint density at radius 2 is 1.52 bits per heavy atom. The molecule has 2 N–H and O–H groups in total. The molecule has 218 valence electrons. The van der Waals surface area contributed by atoms with Gasteiger partial charge in [-0.3, -0.25) is 4.98 Å². The molecule has 13 heteroatoms. The summed E-state index contributed by atoms with van der Waals surface area (Å²) in [5.41, 5.74) is 7.96. The van der Waals surface area contributed by atoms with Crippen molar-refractivity contribution in [2.45, 2.75) is 0 Å². The van der Waals surface area contributed by atoms with Crippen LogP contribution in [0.15, 0.2) is 102 Å². The van der Waals surface area contributed by atoms with Gasteiger partial charge < -0.3 is 4.98 Å². The van der Waals surface area contributed by atoms with Crippen LogP contribution in [-0.2, 0) is 0 Å². The Morgan fingerprint density at radius 3 is 2.28 bits per heavy atom. The smallest absolute Gasteiger partial charge is 0.198 e. The second kappa shape index (κ2) is 10.8. The van der Waals surface area contributed by atoms with Crippen molar-refractivity contribution < 1.29 is 0 Å². The van der Waals surface area contributed by atoms with Crippen LogP contribution in [0.1, 0.15) is 0 Å². The van der Waals surface area contributed by atoms with Crippen molar-refractivity contribution in [2.75, 3.05) is 0 Å². The first kappa shape index (κ1) is 26.4. The fourth-order valence-electron chi connectivity index (χ4n) is 5.78. The Labute approximate surface area is 268 Å². The van der Waals surface area contributed by atoms with Crippen molar-refractivity contribution in [3.63, 3.8) is 0 Å². The average Bonchev–Trinajstić information content (AvgIpc) is 3.95. The third-order valence-electron chi connectivity index (χ3n) is 7.62. The Hall–Kier alpha value is -6.05. The summed E-state index contributed by atoms with van der Waals surface area (Å²) >= 11 is 3.14. The lowest BCUT2D eigenvalue weighted by Gasteiger charge is -2.20. The molecule has 0 unspecified atom stereocenters. The molecule has 11 nitrogen and oxygen atoms in total. The molecule has 0 aliphatic rings. The van der Waals surface area contributed by atoms with E-state index < -0.39 is 0 Å². The van der Waals surface area contributed by atoms with Crippen LogP contribution in [0, 0.1) is 0 Å². The number of aromatic nitrogens is 11. The van der Waals surface area contributed by atoms with Gasteiger partial charge in [-0.25, -0.2) is 30.0 Å². The molecule has 0 aliphatic heterocycles. The number of nitrogens with zero attached hydrogens (tertiary/aromatic N) is 9. The Kier molecular flexibility index (Phi) is 6.21. The molecule has 0 radical (unpaired) electrons. The lowest BCUT2D eigenvalue weighted by atomic mass is 9.88. The van der Waals surface area contributed by atoms with E-state index in [9.17, 15) is 0 Å². The molecular weight excluding hydrogens is 615 g/mol. The summed E-state index contributed by atoms with van der Waals surface area (Å²) in [6.45, 7) is 0. The van der Waals surface area contributed by atoms with Crippen molar-refractivity contribution >= 4 is 44.6 Å². The summed E-state index contributed by atoms with van der Waals surface area (Å²) in [4.78, 5) is 34.2. The van der Waals surface area contributed by atoms with Gasteiger partial charge in [-0.05, 0) is 58.3 Å². The highest BCUT2D eigenvalue weighted by Gasteiger charge is 2.30. The number of fused-ring (bicyclic) bond motifs is 2. The molecule has 0 aliphatic carbocycles. The summed E-state index contributed by atoms with van der Waals surface area (Å²) in [5.74, 6) is 1.59. The molecular formula is C33H19N11S2. The maximum absolute atomic E-state index is 5.28. The van der Waals surface area contributed by atoms with E-state index in [-0.39, 0.29) is 0 Å². The van der Waals surface area contributed by atoms with Crippen LogP contribution < -0.4 is 0 Å². The van der Waals surface area contributed by atoms with E-state index in [1.165, 1.54) is 11.3 Å². The van der Waals surface area contributed by atoms with E-state index in [1.54, 1.807) is 42.2 Å². The topological polar surface area (TPSA) is 148 Å². The van der Waals surface area contributed by atoms with Crippen LogP contribution in [0.4, 0.5) is 0 Å². The van der Waals surface area contributed by atoms with Crippen LogP contribution in [0.2, 0.25) is 0 Å². The number of H-pyrrole nitrogens is 2. The van der Waals surface area contributed by atoms with Gasteiger partial charge in [0.15, 0.2) is 11.6 Å². The normalized spacial score (nSPS) is 11.5. The number of aromatic amines is 2. The highest BCUT2D eigenvalue weighted by atomic mass is 32.1. The van der Waals surface area contributed by atoms with Gasteiger partial charge in [0.05, 0.1) is 27.8 Å². The molecule has 7 heterocycles. The van der Waals surface area contributed by atoms with Gasteiger partial charge >= 0.3 is 0 Å². The number of para-hydroxylation sites is 2. The van der Waals surface area contributed by atoms with E-state index in [4.69, 9.17) is 29.9 Å². The van der Waals surface area contributed by atoms with Crippen LogP contribution in [-0.4, -0.2) is 55.5 Å². The second-order valence-corrected chi connectivity index (χ2v) is 12.1. The zero-order valence-electron chi connectivity index (χ0n) is 23.7. The van der Waals surface area contributed by atoms with E-state index >= 15 is 0 Å². The number of pyridine rings is 2. The number of rotatable bonds is 6. The summed E-state index contributed by atoms with van der Waals surface area (Å²) in [7, 11) is 0. The number of thiophene rings is 1. The highest BCUT2D eigenvalue weighted by molar-refractivity contribution is 7.13. The summed E-state index contributed by atoms with van der Waals surface area (Å²) in [6.07, 6.45) is 7.04. The molecule has 9 aromatic rings. The fourth-order valence-corrected chi connectivity index (χ4v) is 7.26. The molecule has 0 saturated heterocycles. The van der Waals surface area contributed by atoms with E-state index in [2.05, 4.69) is 49.2 Å². The van der Waals surface area contributed by atoms with Crippen molar-refractivity contribution in [2.24, 2.45) is 0 Å². The van der Waals surface area contributed by atoms with E-state index in [0.717, 1.165) is 54.3 Å². The first-order chi connectivity index (χ1) is 22.8. The Bertz CT molecular complexity index is 2420. The standard InChI is InChI=1S/C33H19N11S2/c1-2-9-21-20(8-1)39-31(40-21)26-24(23-10-5-15-45-23)18(19-7-3-4-11-34-19)17-22-25(26)27(30-35-12-6-13-36-30)28(33-37-14-16-46-33)29(38-22)32-41-43-44-42-32/h1-17H,(H,39,40)(H,41,42,43,44). The number of thiazole rings is 1. The number of hydrogen-bond acceptors (Lipinski definition) is 11. The lowest BCUT2D eigenvalue weighted by Crippen LogP contribution is -2.03. The fraction of sp³-hybridized carbons (Fsp3) is 0. The van der Waals surface area contributed by atoms with Gasteiger partial charge in [-0.1, -0.05) is 24.3 Å². The second-order valence-electron chi connectivity index (χ2n) is 10.2. The largest absolute Gasteiger partial charge is 0.338 e. The minimum atomic E-state index is 0.399. The third kappa shape index (κ3) is 4.29. The first-order valence-corrected chi connectivity index (χ1v) is 16.0. The van der Waals surface area contributed by atoms with Gasteiger partial charge in [0.25, 0.3) is 0 Å². The van der Waals surface area contributed by atoms with E-state index in [0.29, 0.717) is 34.2 Å². The maximum Gasteiger partial charge on any atom is 0.198 e. The van der Waals surface area contributed by atoms with Crippen molar-refractivity contribution in [3.05, 3.63) is 102 Å². The minimum Gasteiger partial charge on any atom is -0.338 e. The zero-order valence-corrected chi connectivity index (χ0v) is 25.3. The van der Waals surface area contributed by atoms with Crippen LogP contribution in [0.5, 0.6) is 0 Å². The molecule has 0 bridgehead atoms. The molecule has 0 fully saturated rings. The molecule has 0 amide bonds. The number of hydrogen-bond donors (Lipinski definition) is 2. The lowest BCUT2D eigenvalue weighted by molar-refractivity contribution is 0.881. The van der Waals surface area contributed by atoms with Crippen molar-refractivity contribution in [1.29, 1.82) is 0 Å². The number of imidazole rings is 1. The minimum absolute atomic E-state index is 0.399. The van der Waals surface area contributed by atoms with Crippen LogP contribution in [0.25, 0.3) is 88.5 Å². The molecule has 0 saturated carbocycles. The molecule has 7 aromatic heterocycles. The Morgan fingerprint density at radius 1 is 0.630 bits per heavy atom. The molecule has 0 atom stereocenters. The quantitative estimate of drug-likeness (QED) is 0.192. The molecule has 0 spiro atoms. The van der Waals surface area contributed by atoms with Crippen molar-refractivity contribution in [1.82, 2.24) is 55.5 Å². The predicted molar refractivity (Wildman–Crippen MR) is 179 cm³/mol. The van der Waals surface area contributed by atoms with Crippen LogP contribution in [0.3, 0.4) is 0 Å². The van der Waals surface area contributed by atoms with Gasteiger partial charge in [0.2, 0.25) is 0 Å². The maximum atomic E-state index is 5.28. The molecule has 46 heavy (non-hydrogen) atoms. The van der Waals surface area contributed by atoms with Gasteiger partial charge in [0, 0.05) is 62.7 Å². The molecule has 2 aromatic carbocycles. The Balaban J connectivity index is 1.56.